The van der Waals surface area contributed by atoms with Crippen LogP contribution in [-0.2, 0) is 10.2 Å². The van der Waals surface area contributed by atoms with Gasteiger partial charge in [-0.3, -0.25) is 4.72 Å². The molecule has 0 radical (unpaired) electrons. The third-order valence-corrected chi connectivity index (χ3v) is 4.69. The molecule has 1 aliphatic rings. The molecule has 23 heavy (non-hydrogen) atoms. The first-order chi connectivity index (χ1) is 10.5. The van der Waals surface area contributed by atoms with E-state index in [-0.39, 0.29) is 18.4 Å². The number of benzene rings is 1. The highest BCUT2D eigenvalue weighted by Crippen LogP contribution is 2.33. The number of nitrogens with one attached hydrogen (secondary N) is 1. The van der Waals surface area contributed by atoms with E-state index in [4.69, 9.17) is 10.5 Å². The van der Waals surface area contributed by atoms with Gasteiger partial charge in [0.1, 0.15) is 5.75 Å². The van der Waals surface area contributed by atoms with E-state index in [2.05, 4.69) is 9.12 Å². The van der Waals surface area contributed by atoms with Crippen molar-refractivity contribution < 1.29 is 18.3 Å². The van der Waals surface area contributed by atoms with Gasteiger partial charge in [0.05, 0.1) is 24.0 Å². The van der Waals surface area contributed by atoms with Crippen LogP contribution in [0, 0.1) is 11.3 Å². The van der Waals surface area contributed by atoms with E-state index < -0.39 is 21.7 Å². The van der Waals surface area contributed by atoms with Crippen LogP contribution in [0.25, 0.3) is 0 Å². The maximum Gasteiger partial charge on any atom is 0.344 e. The minimum atomic E-state index is -3.81. The number of hydrogen-bond donors (Lipinski definition) is 3. The molecule has 0 aliphatic carbocycles. The molecule has 1 atom stereocenters. The Labute approximate surface area is 136 Å². The molecular weight excluding hydrogens is 318 g/mol. The van der Waals surface area contributed by atoms with E-state index >= 15 is 0 Å². The monoisotopic (exact) mass is 341 g/mol. The van der Waals surface area contributed by atoms with Gasteiger partial charge in [0.2, 0.25) is 0 Å². The maximum absolute atomic E-state index is 11.6. The number of nitrogens with two attached hydrogens (primary N) is 1. The molecule has 1 aromatic carbocycles. The van der Waals surface area contributed by atoms with Crippen molar-refractivity contribution in [3.8, 4) is 5.75 Å². The average molecular weight is 341 g/mol. The molecule has 4 N–H and O–H groups in total. The van der Waals surface area contributed by atoms with Crippen LogP contribution in [0.15, 0.2) is 22.6 Å². The SMILES string of the molecule is CC(C)C(O)C(C)(C)COc1cccc2c1C(N)=NS(=O)(=O)N2. The van der Waals surface area contributed by atoms with Crippen LogP contribution in [-0.4, -0.2) is 32.1 Å². The quantitative estimate of drug-likeness (QED) is 0.750. The van der Waals surface area contributed by atoms with E-state index in [9.17, 15) is 13.5 Å². The van der Waals surface area contributed by atoms with Crippen LogP contribution >= 0.6 is 0 Å². The minimum absolute atomic E-state index is 0.0942. The molecule has 1 heterocycles. The Balaban J connectivity index is 2.27. The van der Waals surface area contributed by atoms with E-state index in [1.165, 1.54) is 0 Å². The number of anilines is 1. The van der Waals surface area contributed by atoms with E-state index in [1.807, 2.05) is 27.7 Å². The van der Waals surface area contributed by atoms with Crippen LogP contribution in [0.1, 0.15) is 33.3 Å². The summed E-state index contributed by atoms with van der Waals surface area (Å²) in [6.07, 6.45) is -0.536. The van der Waals surface area contributed by atoms with Crippen LogP contribution < -0.4 is 15.2 Å². The highest BCUT2D eigenvalue weighted by Gasteiger charge is 2.32. The molecule has 0 fully saturated rings. The summed E-state index contributed by atoms with van der Waals surface area (Å²) in [4.78, 5) is 0. The first-order valence-corrected chi connectivity index (χ1v) is 8.80. The molecule has 1 unspecified atom stereocenters. The fraction of sp³-hybridized carbons (Fsp3) is 0.533. The summed E-state index contributed by atoms with van der Waals surface area (Å²) in [5.41, 5.74) is 6.04. The fourth-order valence-corrected chi connectivity index (χ4v) is 3.43. The number of aliphatic hydroxyl groups excluding tert-OH is 1. The second-order valence-corrected chi connectivity index (χ2v) is 8.04. The van der Waals surface area contributed by atoms with Crippen LogP contribution in [0.3, 0.4) is 0 Å². The average Bonchev–Trinajstić information content (AvgIpc) is 2.42. The Morgan fingerprint density at radius 1 is 1.39 bits per heavy atom. The largest absolute Gasteiger partial charge is 0.492 e. The molecule has 0 amide bonds. The number of nitrogens with zero attached hydrogens (tertiary/aromatic N) is 1. The number of ether oxygens (including phenoxy) is 1. The molecule has 0 aromatic heterocycles. The van der Waals surface area contributed by atoms with Crippen LogP contribution in [0.4, 0.5) is 5.69 Å². The van der Waals surface area contributed by atoms with E-state index in [1.54, 1.807) is 18.2 Å². The van der Waals surface area contributed by atoms with E-state index in [0.29, 0.717) is 17.0 Å². The van der Waals surface area contributed by atoms with Crippen molar-refractivity contribution in [3.63, 3.8) is 0 Å². The van der Waals surface area contributed by atoms with Crippen molar-refractivity contribution in [2.45, 2.75) is 33.8 Å². The van der Waals surface area contributed by atoms with Crippen molar-refractivity contribution >= 4 is 21.7 Å². The summed E-state index contributed by atoms with van der Waals surface area (Å²) in [7, 11) is -3.81. The third kappa shape index (κ3) is 3.76. The second-order valence-electron chi connectivity index (χ2n) is 6.70. The summed E-state index contributed by atoms with van der Waals surface area (Å²) in [5, 5.41) is 10.3. The molecule has 0 bridgehead atoms. The van der Waals surface area contributed by atoms with Crippen LogP contribution in [0.5, 0.6) is 5.75 Å². The van der Waals surface area contributed by atoms with Gasteiger partial charge in [0.25, 0.3) is 0 Å². The molecule has 0 saturated heterocycles. The van der Waals surface area contributed by atoms with Crippen LogP contribution in [0.2, 0.25) is 0 Å². The number of aliphatic hydroxyl groups is 1. The summed E-state index contributed by atoms with van der Waals surface area (Å²) in [6, 6.07) is 4.95. The number of hydrogen-bond acceptors (Lipinski definition) is 5. The molecule has 8 heteroatoms. The van der Waals surface area contributed by atoms with Gasteiger partial charge < -0.3 is 15.6 Å². The Morgan fingerprint density at radius 3 is 2.65 bits per heavy atom. The Morgan fingerprint density at radius 2 is 2.04 bits per heavy atom. The minimum Gasteiger partial charge on any atom is -0.492 e. The summed E-state index contributed by atoms with van der Waals surface area (Å²) < 4.78 is 34.7. The van der Waals surface area contributed by atoms with Gasteiger partial charge in [-0.2, -0.15) is 8.42 Å². The lowest BCUT2D eigenvalue weighted by Crippen LogP contribution is -2.38. The Bertz CT molecular complexity index is 726. The zero-order valence-electron chi connectivity index (χ0n) is 13.7. The lowest BCUT2D eigenvalue weighted by atomic mass is 9.81. The Kier molecular flexibility index (Phi) is 4.59. The second kappa shape index (κ2) is 6.01. The molecule has 0 saturated carbocycles. The molecule has 2 rings (SSSR count). The normalized spacial score (nSPS) is 17.9. The standard InChI is InChI=1S/C15H23N3O4S/c1-9(2)13(19)15(3,4)8-22-11-7-5-6-10-12(11)14(16)18-23(20,21)17-10/h5-7,9,13,17,19H,8H2,1-4H3,(H2,16,18). The molecule has 1 aliphatic heterocycles. The van der Waals surface area contributed by atoms with Gasteiger partial charge >= 0.3 is 10.2 Å². The highest BCUT2D eigenvalue weighted by atomic mass is 32.2. The van der Waals surface area contributed by atoms with Gasteiger partial charge in [0.15, 0.2) is 5.84 Å². The van der Waals surface area contributed by atoms with Crippen molar-refractivity contribution in [2.24, 2.45) is 21.5 Å². The topological polar surface area (TPSA) is 114 Å². The number of rotatable bonds is 5. The first-order valence-electron chi connectivity index (χ1n) is 7.36. The predicted octanol–water partition coefficient (Wildman–Crippen LogP) is 1.48. The lowest BCUT2D eigenvalue weighted by molar-refractivity contribution is -0.0141. The van der Waals surface area contributed by atoms with Crippen molar-refractivity contribution in [3.05, 3.63) is 23.8 Å². The molecule has 0 spiro atoms. The van der Waals surface area contributed by atoms with E-state index in [0.717, 1.165) is 0 Å². The molecular formula is C15H23N3O4S. The fourth-order valence-electron chi connectivity index (χ4n) is 2.59. The smallest absolute Gasteiger partial charge is 0.344 e. The van der Waals surface area contributed by atoms with Crippen molar-refractivity contribution in [1.29, 1.82) is 0 Å². The number of amidine groups is 1. The summed E-state index contributed by atoms with van der Waals surface area (Å²) >= 11 is 0. The van der Waals surface area contributed by atoms with Crippen molar-refractivity contribution in [2.75, 3.05) is 11.3 Å². The van der Waals surface area contributed by atoms with Gasteiger partial charge in [-0.15, -0.1) is 4.40 Å². The summed E-state index contributed by atoms with van der Waals surface area (Å²) in [5.74, 6) is 0.406. The number of fused-ring (bicyclic) bond motifs is 1. The maximum atomic E-state index is 11.6. The zero-order chi connectivity index (χ0) is 17.4. The zero-order valence-corrected chi connectivity index (χ0v) is 14.5. The predicted molar refractivity (Wildman–Crippen MR) is 89.8 cm³/mol. The molecule has 7 nitrogen and oxygen atoms in total. The van der Waals surface area contributed by atoms with Crippen molar-refractivity contribution in [1.82, 2.24) is 0 Å². The molecule has 128 valence electrons. The third-order valence-electron chi connectivity index (χ3n) is 3.77. The van der Waals surface area contributed by atoms with Gasteiger partial charge in [0, 0.05) is 5.41 Å². The first kappa shape index (κ1) is 17.6. The Hall–Kier alpha value is -1.80. The van der Waals surface area contributed by atoms with Gasteiger partial charge in [-0.1, -0.05) is 33.8 Å². The lowest BCUT2D eigenvalue weighted by Gasteiger charge is -2.33. The molecule has 1 aromatic rings. The van der Waals surface area contributed by atoms with Gasteiger partial charge in [-0.05, 0) is 18.1 Å². The van der Waals surface area contributed by atoms with Gasteiger partial charge in [-0.25, -0.2) is 0 Å². The summed E-state index contributed by atoms with van der Waals surface area (Å²) in [6.45, 7) is 7.95. The highest BCUT2D eigenvalue weighted by molar-refractivity contribution is 7.91.